The number of allylic oxidation sites excluding steroid dienone is 3. The molecule has 1 atom stereocenters. The first-order valence-electron chi connectivity index (χ1n) is 8.92. The molecule has 2 aromatic rings. The molecular weight excluding hydrogens is 338 g/mol. The Bertz CT molecular complexity index is 979. The molecule has 0 aliphatic carbocycles. The molecule has 0 saturated carbocycles. The van der Waals surface area contributed by atoms with Crippen molar-refractivity contribution in [2.75, 3.05) is 7.11 Å². The molecule has 0 radical (unpaired) electrons. The number of hydrogen-bond donors (Lipinski definition) is 1. The topological polar surface area (TPSA) is 78.2 Å². The van der Waals surface area contributed by atoms with Crippen LogP contribution in [-0.2, 0) is 16.6 Å². The first-order chi connectivity index (χ1) is 13.0. The molecule has 0 bridgehead atoms. The maximum absolute atomic E-state index is 12.1. The maximum Gasteiger partial charge on any atom is 0.251 e. The highest BCUT2D eigenvalue weighted by Gasteiger charge is 2.26. The van der Waals surface area contributed by atoms with Gasteiger partial charge in [0.1, 0.15) is 0 Å². The van der Waals surface area contributed by atoms with Gasteiger partial charge >= 0.3 is 0 Å². The second-order valence-corrected chi connectivity index (χ2v) is 6.56. The number of ether oxygens (including phenoxy) is 1. The van der Waals surface area contributed by atoms with Crippen molar-refractivity contribution in [3.63, 3.8) is 0 Å². The zero-order chi connectivity index (χ0) is 19.9. The van der Waals surface area contributed by atoms with Crippen molar-refractivity contribution in [3.8, 4) is 6.07 Å². The Morgan fingerprint density at radius 3 is 2.85 bits per heavy atom. The quantitative estimate of drug-likeness (QED) is 0.429. The van der Waals surface area contributed by atoms with Crippen LogP contribution in [0.5, 0.6) is 0 Å². The number of rotatable bonds is 8. The number of nitrogens with one attached hydrogen (secondary N) is 1. The zero-order valence-corrected chi connectivity index (χ0v) is 16.1. The molecule has 0 spiro atoms. The number of aryl methyl sites for hydroxylation is 1. The Morgan fingerprint density at radius 1 is 1.44 bits per heavy atom. The molecular formula is C22H25N3O2. The van der Waals surface area contributed by atoms with Gasteiger partial charge in [0.15, 0.2) is 0 Å². The van der Waals surface area contributed by atoms with Gasteiger partial charge in [-0.3, -0.25) is 4.79 Å². The first-order valence-corrected chi connectivity index (χ1v) is 8.92. The zero-order valence-electron chi connectivity index (χ0n) is 16.1. The number of benzene rings is 1. The minimum atomic E-state index is -0.649. The van der Waals surface area contributed by atoms with Gasteiger partial charge in [-0.2, -0.15) is 5.26 Å². The Morgan fingerprint density at radius 2 is 2.22 bits per heavy atom. The second-order valence-electron chi connectivity index (χ2n) is 6.56. The van der Waals surface area contributed by atoms with E-state index in [0.29, 0.717) is 18.7 Å². The van der Waals surface area contributed by atoms with Crippen molar-refractivity contribution in [1.82, 2.24) is 4.98 Å². The number of aromatic amines is 1. The Labute approximate surface area is 159 Å². The molecule has 5 nitrogen and oxygen atoms in total. The van der Waals surface area contributed by atoms with Gasteiger partial charge in [0.25, 0.3) is 5.56 Å². The molecule has 0 saturated heterocycles. The van der Waals surface area contributed by atoms with Crippen molar-refractivity contribution < 1.29 is 4.74 Å². The van der Waals surface area contributed by atoms with E-state index >= 15 is 0 Å². The molecule has 1 aromatic carbocycles. The van der Waals surface area contributed by atoms with E-state index in [-0.39, 0.29) is 5.56 Å². The second kappa shape index (κ2) is 9.00. The summed E-state index contributed by atoms with van der Waals surface area (Å²) in [4.78, 5) is 18.7. The van der Waals surface area contributed by atoms with Crippen LogP contribution in [0.4, 0.5) is 0 Å². The van der Waals surface area contributed by atoms with Gasteiger partial charge in [-0.25, -0.2) is 4.99 Å². The van der Waals surface area contributed by atoms with Gasteiger partial charge in [-0.15, -0.1) is 0 Å². The minimum absolute atomic E-state index is 0.0692. The number of methoxy groups -OCH3 is 1. The molecule has 0 aliphatic heterocycles. The number of pyridine rings is 1. The Hall–Kier alpha value is -3.13. The summed E-state index contributed by atoms with van der Waals surface area (Å²) in [6.45, 7) is 7.30. The molecule has 0 fully saturated rings. The van der Waals surface area contributed by atoms with Crippen molar-refractivity contribution in [1.29, 1.82) is 5.26 Å². The van der Waals surface area contributed by atoms with Crippen LogP contribution in [0.1, 0.15) is 37.8 Å². The Kier molecular flexibility index (Phi) is 6.73. The highest BCUT2D eigenvalue weighted by molar-refractivity contribution is 5.80. The summed E-state index contributed by atoms with van der Waals surface area (Å²) in [5, 5.41) is 10.7. The molecule has 2 rings (SSSR count). The lowest BCUT2D eigenvalue weighted by Crippen LogP contribution is -2.19. The maximum atomic E-state index is 12.1. The van der Waals surface area contributed by atoms with E-state index in [1.807, 2.05) is 50.3 Å². The predicted molar refractivity (Wildman–Crippen MR) is 110 cm³/mol. The normalized spacial score (nSPS) is 14.1. The average molecular weight is 363 g/mol. The van der Waals surface area contributed by atoms with Gasteiger partial charge in [-0.1, -0.05) is 31.2 Å². The van der Waals surface area contributed by atoms with Gasteiger partial charge in [0.2, 0.25) is 5.88 Å². The summed E-state index contributed by atoms with van der Waals surface area (Å²) < 4.78 is 5.00. The molecule has 1 aromatic heterocycles. The lowest BCUT2D eigenvalue weighted by Gasteiger charge is -2.22. The molecule has 5 heteroatoms. The van der Waals surface area contributed by atoms with Crippen LogP contribution in [0.3, 0.4) is 0 Å². The largest absolute Gasteiger partial charge is 0.481 e. The summed E-state index contributed by atoms with van der Waals surface area (Å²) in [6.07, 6.45) is 7.60. The van der Waals surface area contributed by atoms with E-state index in [2.05, 4.69) is 22.8 Å². The summed E-state index contributed by atoms with van der Waals surface area (Å²) in [7, 11) is 1.54. The van der Waals surface area contributed by atoms with Crippen LogP contribution in [0.25, 0.3) is 10.9 Å². The molecule has 27 heavy (non-hydrogen) atoms. The monoisotopic (exact) mass is 363 g/mol. The van der Waals surface area contributed by atoms with Crippen molar-refractivity contribution in [3.05, 3.63) is 69.9 Å². The fourth-order valence-corrected chi connectivity index (χ4v) is 2.92. The number of H-pyrrole nitrogens is 1. The summed E-state index contributed by atoms with van der Waals surface area (Å²) >= 11 is 0. The van der Waals surface area contributed by atoms with Crippen molar-refractivity contribution in [2.45, 2.75) is 38.5 Å². The van der Waals surface area contributed by atoms with Crippen molar-refractivity contribution >= 4 is 17.6 Å². The van der Waals surface area contributed by atoms with E-state index in [9.17, 15) is 10.1 Å². The molecule has 140 valence electrons. The highest BCUT2D eigenvalue weighted by atomic mass is 16.5. The van der Waals surface area contributed by atoms with Crippen LogP contribution in [0, 0.1) is 11.3 Å². The third-order valence-corrected chi connectivity index (χ3v) is 4.74. The van der Waals surface area contributed by atoms with E-state index in [1.54, 1.807) is 6.08 Å². The van der Waals surface area contributed by atoms with Crippen LogP contribution in [0.15, 0.2) is 58.2 Å². The lowest BCUT2D eigenvalue weighted by molar-refractivity contribution is 0.289. The van der Waals surface area contributed by atoms with Crippen LogP contribution >= 0.6 is 0 Å². The standard InChI is InChI=1S/C22H25N3O2/c1-5-16-13-17-10-11-18(14-19(17)25-21(16)26)22(2,15-23)12-8-6-7-9-20(24-3)27-4/h6-7,9-11,13-14H,3,5,8,12H2,1-2,4H3,(H,25,26)/b7-6-,20-9+. The van der Waals surface area contributed by atoms with Crippen LogP contribution in [-0.4, -0.2) is 18.8 Å². The highest BCUT2D eigenvalue weighted by Crippen LogP contribution is 2.30. The molecule has 0 aliphatic rings. The summed E-state index contributed by atoms with van der Waals surface area (Å²) in [5.41, 5.74) is 1.70. The Balaban J connectivity index is 2.23. The van der Waals surface area contributed by atoms with E-state index in [4.69, 9.17) is 4.74 Å². The molecule has 1 N–H and O–H groups in total. The summed E-state index contributed by atoms with van der Waals surface area (Å²) in [6, 6.07) is 10.2. The smallest absolute Gasteiger partial charge is 0.251 e. The third kappa shape index (κ3) is 4.73. The molecule has 0 amide bonds. The number of fused-ring (bicyclic) bond motifs is 1. The number of nitriles is 1. The molecule has 1 unspecified atom stereocenters. The van der Waals surface area contributed by atoms with Gasteiger partial charge in [-0.05, 0) is 62.1 Å². The SMILES string of the molecule is C=N/C(=C\C=C/CCC(C)(C#N)c1ccc2cc(CC)c(=O)[nH]c2c1)OC. The van der Waals surface area contributed by atoms with E-state index in [0.717, 1.165) is 28.5 Å². The lowest BCUT2D eigenvalue weighted by atomic mass is 9.79. The van der Waals surface area contributed by atoms with Crippen molar-refractivity contribution in [2.24, 2.45) is 4.99 Å². The van der Waals surface area contributed by atoms with E-state index < -0.39 is 5.41 Å². The fourth-order valence-electron chi connectivity index (χ4n) is 2.92. The van der Waals surface area contributed by atoms with Gasteiger partial charge in [0, 0.05) is 11.1 Å². The number of nitrogens with zero attached hydrogens (tertiary/aromatic N) is 2. The van der Waals surface area contributed by atoms with Gasteiger partial charge in [0.05, 0.1) is 18.6 Å². The summed E-state index contributed by atoms with van der Waals surface area (Å²) in [5.74, 6) is 0.444. The number of aliphatic imine (C=N–C) groups is 1. The third-order valence-electron chi connectivity index (χ3n) is 4.74. The first kappa shape index (κ1) is 20.2. The molecule has 1 heterocycles. The van der Waals surface area contributed by atoms with E-state index in [1.165, 1.54) is 7.11 Å². The van der Waals surface area contributed by atoms with Crippen LogP contribution < -0.4 is 5.56 Å². The number of hydrogen-bond acceptors (Lipinski definition) is 4. The minimum Gasteiger partial charge on any atom is -0.481 e. The van der Waals surface area contributed by atoms with Crippen LogP contribution in [0.2, 0.25) is 0 Å². The van der Waals surface area contributed by atoms with Gasteiger partial charge < -0.3 is 9.72 Å². The predicted octanol–water partition coefficient (Wildman–Crippen LogP) is 4.40. The average Bonchev–Trinajstić information content (AvgIpc) is 2.69. The number of aromatic nitrogens is 1. The fraction of sp³-hybridized carbons (Fsp3) is 0.318.